The Balaban J connectivity index is 4.30. The SMILES string of the molecule is CC/C=C\C/C=C\C/C=C\C/C=C\C/C=C\C/C=C\C/C=C\CCCCCCCCCCCC(=O)NC(COP(=O)([O-])OCC[N+](C)(C)C)C(O)C(O)CCC/C=C/CC/C=C/CCCCC. The number of nitrogens with one attached hydrogen (secondary N) is 1. The minimum absolute atomic E-state index is 0.0559. The van der Waals surface area contributed by atoms with Gasteiger partial charge in [0.1, 0.15) is 19.3 Å². The summed E-state index contributed by atoms with van der Waals surface area (Å²) in [5.74, 6) is -0.305. The summed E-state index contributed by atoms with van der Waals surface area (Å²) in [7, 11) is 1.08. The highest BCUT2D eigenvalue weighted by Crippen LogP contribution is 2.38. The van der Waals surface area contributed by atoms with Gasteiger partial charge in [0.05, 0.1) is 39.9 Å². The van der Waals surface area contributed by atoms with E-state index in [9.17, 15) is 24.5 Å². The topological polar surface area (TPSA) is 128 Å². The quantitative estimate of drug-likeness (QED) is 0.0240. The first-order valence-electron chi connectivity index (χ1n) is 26.3. The van der Waals surface area contributed by atoms with Gasteiger partial charge < -0.3 is 34.0 Å². The predicted molar refractivity (Wildman–Crippen MR) is 285 cm³/mol. The van der Waals surface area contributed by atoms with E-state index in [1.165, 1.54) is 51.4 Å². The minimum atomic E-state index is -4.69. The molecule has 0 saturated carbocycles. The summed E-state index contributed by atoms with van der Waals surface area (Å²) in [4.78, 5) is 25.5. The summed E-state index contributed by atoms with van der Waals surface area (Å²) < 4.78 is 23.2. The molecule has 10 heteroatoms. The smallest absolute Gasteiger partial charge is 0.268 e. The molecule has 0 heterocycles. The van der Waals surface area contributed by atoms with Crippen molar-refractivity contribution < 1.29 is 38.0 Å². The third-order valence-corrected chi connectivity index (χ3v) is 12.0. The number of aliphatic hydroxyl groups is 2. The zero-order valence-corrected chi connectivity index (χ0v) is 44.1. The van der Waals surface area contributed by atoms with Gasteiger partial charge in [-0.1, -0.05) is 181 Å². The average molecular weight is 955 g/mol. The first-order valence-corrected chi connectivity index (χ1v) is 27.8. The zero-order chi connectivity index (χ0) is 49.4. The molecule has 4 atom stereocenters. The van der Waals surface area contributed by atoms with Crippen LogP contribution >= 0.6 is 7.82 Å². The van der Waals surface area contributed by atoms with Gasteiger partial charge in [-0.3, -0.25) is 9.36 Å². The molecular weight excluding hydrogens is 856 g/mol. The number of carbonyl (C=O) groups excluding carboxylic acids is 1. The summed E-state index contributed by atoms with van der Waals surface area (Å²) >= 11 is 0. The van der Waals surface area contributed by atoms with Crippen LogP contribution in [0.1, 0.15) is 187 Å². The Morgan fingerprint density at radius 2 is 0.955 bits per heavy atom. The molecule has 0 bridgehead atoms. The van der Waals surface area contributed by atoms with Gasteiger partial charge in [0.25, 0.3) is 7.82 Å². The van der Waals surface area contributed by atoms with Gasteiger partial charge in [-0.2, -0.15) is 0 Å². The molecule has 9 nitrogen and oxygen atoms in total. The number of phosphoric ester groups is 1. The molecule has 0 aliphatic rings. The molecule has 0 saturated heterocycles. The number of phosphoric acid groups is 1. The standard InChI is InChI=1S/C57H99N2O7P/c1-6-8-10-12-14-16-18-20-21-22-23-24-25-26-27-28-29-30-31-32-33-34-35-36-37-38-40-42-44-46-48-50-56(61)58-54(53-66-67(63,64)65-52-51-59(3,4)5)57(62)55(60)49-47-45-43-41-39-19-17-15-13-11-9-7-2/h8,10,14-17,20-21,23-24,26-27,29-30,32-33,41,43,54-55,57,60,62H,6-7,9,11-13,18-19,22,25,28,31,34-40,42,44-53H2,1-5H3,(H-,58,61,63,64)/b10-8-,16-14-,17-15+,21-20-,24-23-,27-26-,30-29-,33-32-,43-41+. The molecule has 0 fully saturated rings. The van der Waals surface area contributed by atoms with Gasteiger partial charge in [-0.05, 0) is 109 Å². The highest BCUT2D eigenvalue weighted by molar-refractivity contribution is 7.45. The number of hydrogen-bond acceptors (Lipinski definition) is 7. The molecule has 1 amide bonds. The average Bonchev–Trinajstić information content (AvgIpc) is 3.29. The molecule has 0 aromatic heterocycles. The van der Waals surface area contributed by atoms with Crippen molar-refractivity contribution in [1.82, 2.24) is 5.32 Å². The number of amides is 1. The van der Waals surface area contributed by atoms with Crippen molar-refractivity contribution in [2.24, 2.45) is 0 Å². The molecule has 67 heavy (non-hydrogen) atoms. The van der Waals surface area contributed by atoms with E-state index in [0.717, 1.165) is 96.3 Å². The van der Waals surface area contributed by atoms with Crippen LogP contribution in [0, 0.1) is 0 Å². The van der Waals surface area contributed by atoms with Gasteiger partial charge in [-0.15, -0.1) is 0 Å². The first-order chi connectivity index (χ1) is 32.4. The Morgan fingerprint density at radius 1 is 0.552 bits per heavy atom. The largest absolute Gasteiger partial charge is 0.756 e. The Bertz CT molecular complexity index is 1470. The molecule has 4 unspecified atom stereocenters. The Hall–Kier alpha value is -2.88. The highest BCUT2D eigenvalue weighted by atomic mass is 31.2. The second-order valence-corrected chi connectivity index (χ2v) is 20.0. The van der Waals surface area contributed by atoms with E-state index in [-0.39, 0.29) is 18.9 Å². The predicted octanol–water partition coefficient (Wildman–Crippen LogP) is 14.0. The summed E-state index contributed by atoms with van der Waals surface area (Å²) in [6.07, 6.45) is 64.3. The van der Waals surface area contributed by atoms with E-state index in [1.54, 1.807) is 0 Å². The van der Waals surface area contributed by atoms with Crippen molar-refractivity contribution in [2.45, 2.75) is 205 Å². The van der Waals surface area contributed by atoms with Gasteiger partial charge in [-0.25, -0.2) is 0 Å². The van der Waals surface area contributed by atoms with Crippen LogP contribution < -0.4 is 10.2 Å². The van der Waals surface area contributed by atoms with Crippen molar-refractivity contribution in [2.75, 3.05) is 40.9 Å². The number of carbonyl (C=O) groups is 1. The van der Waals surface area contributed by atoms with E-state index >= 15 is 0 Å². The Kier molecular flexibility index (Phi) is 44.8. The maximum atomic E-state index is 13.0. The molecular formula is C57H99N2O7P. The monoisotopic (exact) mass is 955 g/mol. The molecule has 0 aromatic rings. The molecule has 0 aliphatic heterocycles. The fourth-order valence-electron chi connectivity index (χ4n) is 6.90. The fraction of sp³-hybridized carbons (Fsp3) is 0.667. The van der Waals surface area contributed by atoms with Crippen molar-refractivity contribution in [3.63, 3.8) is 0 Å². The maximum Gasteiger partial charge on any atom is 0.268 e. The van der Waals surface area contributed by atoms with Gasteiger partial charge in [0.2, 0.25) is 5.91 Å². The molecule has 0 radical (unpaired) electrons. The van der Waals surface area contributed by atoms with E-state index < -0.39 is 32.7 Å². The second kappa shape index (κ2) is 46.8. The van der Waals surface area contributed by atoms with Crippen molar-refractivity contribution in [1.29, 1.82) is 0 Å². The van der Waals surface area contributed by atoms with E-state index in [0.29, 0.717) is 30.3 Å². The summed E-state index contributed by atoms with van der Waals surface area (Å²) in [6, 6.07) is -1.11. The van der Waals surface area contributed by atoms with Crippen molar-refractivity contribution in [3.8, 4) is 0 Å². The molecule has 384 valence electrons. The third kappa shape index (κ3) is 48.0. The lowest BCUT2D eigenvalue weighted by Gasteiger charge is -2.31. The number of likely N-dealkylation sites (N-methyl/N-ethyl adjacent to an activating group) is 1. The molecule has 0 rings (SSSR count). The molecule has 0 aromatic carbocycles. The number of nitrogens with zero attached hydrogens (tertiary/aromatic N) is 1. The van der Waals surface area contributed by atoms with Gasteiger partial charge in [0, 0.05) is 6.42 Å². The van der Waals surface area contributed by atoms with E-state index in [1.807, 2.05) is 21.1 Å². The number of unbranched alkanes of at least 4 members (excludes halogenated alkanes) is 14. The summed E-state index contributed by atoms with van der Waals surface area (Å²) in [6.45, 7) is 4.23. The van der Waals surface area contributed by atoms with Gasteiger partial charge in [0.15, 0.2) is 0 Å². The van der Waals surface area contributed by atoms with Crippen LogP contribution in [0.5, 0.6) is 0 Å². The zero-order valence-electron chi connectivity index (χ0n) is 43.2. The van der Waals surface area contributed by atoms with Crippen molar-refractivity contribution in [3.05, 3.63) is 109 Å². The first kappa shape index (κ1) is 64.1. The number of quaternary nitrogens is 1. The van der Waals surface area contributed by atoms with Crippen LogP contribution in [-0.2, 0) is 18.4 Å². The number of aliphatic hydroxyl groups excluding tert-OH is 2. The number of rotatable bonds is 46. The lowest BCUT2D eigenvalue weighted by atomic mass is 10.0. The lowest BCUT2D eigenvalue weighted by molar-refractivity contribution is -0.870. The third-order valence-electron chi connectivity index (χ3n) is 11.1. The Labute approximate surface area is 411 Å². The lowest BCUT2D eigenvalue weighted by Crippen LogP contribution is -2.51. The molecule has 0 spiro atoms. The molecule has 0 aliphatic carbocycles. The van der Waals surface area contributed by atoms with Crippen LogP contribution in [0.4, 0.5) is 0 Å². The Morgan fingerprint density at radius 3 is 1.43 bits per heavy atom. The maximum absolute atomic E-state index is 13.0. The van der Waals surface area contributed by atoms with Crippen LogP contribution in [-0.4, -0.2) is 79.8 Å². The van der Waals surface area contributed by atoms with Crippen LogP contribution in [0.25, 0.3) is 0 Å². The second-order valence-electron chi connectivity index (χ2n) is 18.6. The van der Waals surface area contributed by atoms with Crippen LogP contribution in [0.2, 0.25) is 0 Å². The normalized spacial score (nSPS) is 15.4. The molecule has 3 N–H and O–H groups in total. The van der Waals surface area contributed by atoms with Crippen LogP contribution in [0.3, 0.4) is 0 Å². The van der Waals surface area contributed by atoms with E-state index in [2.05, 4.69) is 129 Å². The summed E-state index contributed by atoms with van der Waals surface area (Å²) in [5, 5.41) is 24.6. The number of hydrogen-bond donors (Lipinski definition) is 3. The van der Waals surface area contributed by atoms with Crippen molar-refractivity contribution >= 4 is 13.7 Å². The fourth-order valence-corrected chi connectivity index (χ4v) is 7.62. The van der Waals surface area contributed by atoms with E-state index in [4.69, 9.17) is 9.05 Å². The van der Waals surface area contributed by atoms with Gasteiger partial charge >= 0.3 is 0 Å². The number of allylic oxidation sites excluding steroid dienone is 18. The van der Waals surface area contributed by atoms with Crippen LogP contribution in [0.15, 0.2) is 109 Å². The highest BCUT2D eigenvalue weighted by Gasteiger charge is 2.29. The minimum Gasteiger partial charge on any atom is -0.756 e. The summed E-state index contributed by atoms with van der Waals surface area (Å²) in [5.41, 5.74) is 0.